The van der Waals surface area contributed by atoms with Crippen LogP contribution in [0.2, 0.25) is 0 Å². The second kappa shape index (κ2) is 7.05. The molecule has 0 aliphatic carbocycles. The van der Waals surface area contributed by atoms with Crippen molar-refractivity contribution in [2.75, 3.05) is 0 Å². The largest absolute Gasteiger partial charge is 0.443 e. The number of aromatic nitrogens is 4. The number of nitrogens with one attached hydrogen (secondary N) is 1. The lowest BCUT2D eigenvalue weighted by atomic mass is 10.1. The molecule has 0 spiro atoms. The average Bonchev–Trinajstić information content (AvgIpc) is 3.28. The van der Waals surface area contributed by atoms with Gasteiger partial charge in [0.15, 0.2) is 5.65 Å². The molecule has 8 heteroatoms. The van der Waals surface area contributed by atoms with Crippen LogP contribution in [0, 0.1) is 0 Å². The van der Waals surface area contributed by atoms with Crippen LogP contribution < -0.4 is 5.32 Å². The molecule has 1 aromatic carbocycles. The maximum Gasteiger partial charge on any atom is 0.418 e. The number of hydrogen-bond donors (Lipinski definition) is 1. The smallest absolute Gasteiger partial charge is 0.418 e. The highest BCUT2D eigenvalue weighted by Crippen LogP contribution is 2.20. The fourth-order valence-electron chi connectivity index (χ4n) is 2.97. The summed E-state index contributed by atoms with van der Waals surface area (Å²) in [5, 5.41) is 7.88. The van der Waals surface area contributed by atoms with Gasteiger partial charge in [0.25, 0.3) is 5.91 Å². The summed E-state index contributed by atoms with van der Waals surface area (Å²) in [7, 11) is 0. The Kier molecular flexibility index (Phi) is 4.54. The molecular formula is C21H21N5O3. The van der Waals surface area contributed by atoms with E-state index in [2.05, 4.69) is 15.4 Å². The van der Waals surface area contributed by atoms with Gasteiger partial charge in [-0.1, -0.05) is 12.1 Å². The van der Waals surface area contributed by atoms with Crippen molar-refractivity contribution < 1.29 is 14.3 Å². The van der Waals surface area contributed by atoms with Gasteiger partial charge in [-0.3, -0.25) is 9.36 Å². The molecule has 0 aliphatic rings. The predicted molar refractivity (Wildman–Crippen MR) is 108 cm³/mol. The van der Waals surface area contributed by atoms with Crippen LogP contribution in [0.4, 0.5) is 4.79 Å². The lowest BCUT2D eigenvalue weighted by Crippen LogP contribution is -2.26. The first-order chi connectivity index (χ1) is 13.8. The first kappa shape index (κ1) is 18.7. The predicted octanol–water partition coefficient (Wildman–Crippen LogP) is 3.40. The molecule has 0 saturated carbocycles. The van der Waals surface area contributed by atoms with E-state index < -0.39 is 11.7 Å². The number of carbonyl (C=O) groups is 2. The van der Waals surface area contributed by atoms with Gasteiger partial charge in [-0.05, 0) is 50.6 Å². The van der Waals surface area contributed by atoms with Gasteiger partial charge in [0, 0.05) is 24.3 Å². The maximum atomic E-state index is 12.4. The topological polar surface area (TPSA) is 90.5 Å². The van der Waals surface area contributed by atoms with Gasteiger partial charge in [-0.2, -0.15) is 5.10 Å². The third-order valence-electron chi connectivity index (χ3n) is 4.27. The fraction of sp³-hybridized carbons (Fsp3) is 0.238. The zero-order valence-electron chi connectivity index (χ0n) is 16.4. The lowest BCUT2D eigenvalue weighted by Gasteiger charge is -2.19. The normalized spacial score (nSPS) is 11.7. The summed E-state index contributed by atoms with van der Waals surface area (Å²) in [5.41, 5.74) is 1.90. The quantitative estimate of drug-likeness (QED) is 0.578. The van der Waals surface area contributed by atoms with E-state index in [0.29, 0.717) is 17.9 Å². The number of fused-ring (bicyclic) bond motifs is 2. The van der Waals surface area contributed by atoms with Crippen LogP contribution in [0.25, 0.3) is 16.6 Å². The molecule has 0 radical (unpaired) electrons. The summed E-state index contributed by atoms with van der Waals surface area (Å²) in [6, 6.07) is 11.1. The summed E-state index contributed by atoms with van der Waals surface area (Å²) in [6.07, 6.45) is 4.46. The molecule has 1 N–H and O–H groups in total. The minimum absolute atomic E-state index is 0.293. The first-order valence-electron chi connectivity index (χ1n) is 9.22. The molecule has 4 rings (SSSR count). The average molecular weight is 391 g/mol. The Morgan fingerprint density at radius 3 is 2.76 bits per heavy atom. The van der Waals surface area contributed by atoms with E-state index in [1.54, 1.807) is 35.2 Å². The Bertz CT molecular complexity index is 1180. The van der Waals surface area contributed by atoms with Gasteiger partial charge in [0.2, 0.25) is 0 Å². The SMILES string of the molecule is CC(C)(C)OC(=O)n1ccc2ccc(CNC(=O)c3cn4ncccc4n3)cc21. The van der Waals surface area contributed by atoms with E-state index in [4.69, 9.17) is 4.74 Å². The minimum atomic E-state index is -0.581. The highest BCUT2D eigenvalue weighted by atomic mass is 16.6. The molecule has 0 aliphatic heterocycles. The zero-order chi connectivity index (χ0) is 20.6. The van der Waals surface area contributed by atoms with E-state index in [9.17, 15) is 9.59 Å². The van der Waals surface area contributed by atoms with Crippen molar-refractivity contribution in [1.29, 1.82) is 0 Å². The van der Waals surface area contributed by atoms with Crippen LogP contribution in [0.5, 0.6) is 0 Å². The molecule has 0 bridgehead atoms. The van der Waals surface area contributed by atoms with Gasteiger partial charge in [-0.25, -0.2) is 14.3 Å². The van der Waals surface area contributed by atoms with Crippen LogP contribution in [0.1, 0.15) is 36.8 Å². The first-order valence-corrected chi connectivity index (χ1v) is 9.22. The van der Waals surface area contributed by atoms with Crippen molar-refractivity contribution in [2.24, 2.45) is 0 Å². The zero-order valence-corrected chi connectivity index (χ0v) is 16.4. The Labute approximate surface area is 167 Å². The van der Waals surface area contributed by atoms with Crippen LogP contribution in [0.15, 0.2) is 55.0 Å². The van der Waals surface area contributed by atoms with Crippen molar-refractivity contribution in [3.63, 3.8) is 0 Å². The highest BCUT2D eigenvalue weighted by Gasteiger charge is 2.19. The van der Waals surface area contributed by atoms with E-state index in [1.165, 1.54) is 4.57 Å². The van der Waals surface area contributed by atoms with E-state index >= 15 is 0 Å². The molecule has 1 amide bonds. The van der Waals surface area contributed by atoms with Crippen LogP contribution in [0.3, 0.4) is 0 Å². The molecule has 8 nitrogen and oxygen atoms in total. The third kappa shape index (κ3) is 3.96. The van der Waals surface area contributed by atoms with Crippen LogP contribution >= 0.6 is 0 Å². The highest BCUT2D eigenvalue weighted by molar-refractivity contribution is 5.93. The molecule has 0 saturated heterocycles. The summed E-state index contributed by atoms with van der Waals surface area (Å²) in [4.78, 5) is 29.1. The van der Waals surface area contributed by atoms with Crippen molar-refractivity contribution in [3.05, 3.63) is 66.2 Å². The Balaban J connectivity index is 1.51. The molecule has 3 aromatic heterocycles. The lowest BCUT2D eigenvalue weighted by molar-refractivity contribution is 0.0544. The number of hydrogen-bond acceptors (Lipinski definition) is 5. The Hall–Kier alpha value is -3.68. The molecule has 0 atom stereocenters. The fourth-order valence-corrected chi connectivity index (χ4v) is 2.97. The molecule has 0 fully saturated rings. The van der Waals surface area contributed by atoms with Crippen LogP contribution in [-0.2, 0) is 11.3 Å². The maximum absolute atomic E-state index is 12.4. The number of benzene rings is 1. The monoisotopic (exact) mass is 391 g/mol. The molecule has 4 aromatic rings. The van der Waals surface area contributed by atoms with Crippen molar-refractivity contribution >= 4 is 28.6 Å². The van der Waals surface area contributed by atoms with Crippen molar-refractivity contribution in [1.82, 2.24) is 24.5 Å². The Morgan fingerprint density at radius 1 is 1.17 bits per heavy atom. The summed E-state index contributed by atoms with van der Waals surface area (Å²) >= 11 is 0. The number of rotatable bonds is 3. The number of ether oxygens (including phenoxy) is 1. The molecule has 3 heterocycles. The van der Waals surface area contributed by atoms with Crippen molar-refractivity contribution in [2.45, 2.75) is 32.9 Å². The number of carbonyl (C=O) groups excluding carboxylic acids is 2. The molecular weight excluding hydrogens is 370 g/mol. The van der Waals surface area contributed by atoms with Crippen molar-refractivity contribution in [3.8, 4) is 0 Å². The number of nitrogens with zero attached hydrogens (tertiary/aromatic N) is 4. The number of imidazole rings is 1. The van der Waals surface area contributed by atoms with Gasteiger partial charge >= 0.3 is 6.09 Å². The standard InChI is InChI=1S/C21H21N5O3/c1-21(2,3)29-20(28)25-10-8-15-7-6-14(11-17(15)25)12-22-19(27)16-13-26-18(24-16)5-4-9-23-26/h4-11,13H,12H2,1-3H3,(H,22,27). The molecule has 148 valence electrons. The Morgan fingerprint density at radius 2 is 2.00 bits per heavy atom. The van der Waals surface area contributed by atoms with Gasteiger partial charge < -0.3 is 10.1 Å². The second-order valence-corrected chi connectivity index (χ2v) is 7.69. The van der Waals surface area contributed by atoms with E-state index in [0.717, 1.165) is 16.5 Å². The number of amides is 1. The molecule has 0 unspecified atom stereocenters. The third-order valence-corrected chi connectivity index (χ3v) is 4.27. The van der Waals surface area contributed by atoms with Gasteiger partial charge in [0.1, 0.15) is 11.3 Å². The summed E-state index contributed by atoms with van der Waals surface area (Å²) in [6.45, 7) is 5.78. The van der Waals surface area contributed by atoms with E-state index in [-0.39, 0.29) is 5.91 Å². The summed E-state index contributed by atoms with van der Waals surface area (Å²) in [5.74, 6) is -0.293. The van der Waals surface area contributed by atoms with Gasteiger partial charge in [-0.15, -0.1) is 0 Å². The summed E-state index contributed by atoms with van der Waals surface area (Å²) < 4.78 is 8.47. The van der Waals surface area contributed by atoms with E-state index in [1.807, 2.05) is 45.0 Å². The minimum Gasteiger partial charge on any atom is -0.443 e. The molecule has 29 heavy (non-hydrogen) atoms. The second-order valence-electron chi connectivity index (χ2n) is 7.69. The van der Waals surface area contributed by atoms with Gasteiger partial charge in [0.05, 0.1) is 11.7 Å². The van der Waals surface area contributed by atoms with Crippen LogP contribution in [-0.4, -0.2) is 36.8 Å².